The number of rotatable bonds is 3. The van der Waals surface area contributed by atoms with Crippen LogP contribution in [0.25, 0.3) is 5.57 Å². The van der Waals surface area contributed by atoms with Crippen LogP contribution < -0.4 is 4.74 Å². The molecule has 0 amide bonds. The fourth-order valence-electron chi connectivity index (χ4n) is 6.80. The number of aromatic nitrogens is 1. The Morgan fingerprint density at radius 1 is 1.23 bits per heavy atom. The summed E-state index contributed by atoms with van der Waals surface area (Å²) in [6.07, 6.45) is 11.8. The minimum absolute atomic E-state index is 0.168. The molecule has 3 aliphatic rings. The van der Waals surface area contributed by atoms with E-state index in [2.05, 4.69) is 31.0 Å². The van der Waals surface area contributed by atoms with Crippen molar-refractivity contribution in [1.82, 2.24) is 4.98 Å². The smallest absolute Gasteiger partial charge is 0.335 e. The molecule has 2 aromatic rings. The van der Waals surface area contributed by atoms with E-state index in [1.807, 2.05) is 18.3 Å². The fraction of sp³-hybridized carbons (Fsp3) is 0.462. The van der Waals surface area contributed by atoms with Gasteiger partial charge in [0.2, 0.25) is 0 Å². The molecule has 30 heavy (non-hydrogen) atoms. The van der Waals surface area contributed by atoms with E-state index < -0.39 is 5.97 Å². The van der Waals surface area contributed by atoms with Gasteiger partial charge in [0, 0.05) is 6.20 Å². The third-order valence-corrected chi connectivity index (χ3v) is 8.12. The lowest BCUT2D eigenvalue weighted by atomic mass is 9.53. The number of aromatic carboxylic acids is 1. The first-order chi connectivity index (χ1) is 14.4. The zero-order chi connectivity index (χ0) is 21.0. The van der Waals surface area contributed by atoms with Gasteiger partial charge in [0.25, 0.3) is 0 Å². The summed E-state index contributed by atoms with van der Waals surface area (Å²) < 4.78 is 5.42. The van der Waals surface area contributed by atoms with E-state index in [4.69, 9.17) is 4.74 Å². The first-order valence-corrected chi connectivity index (χ1v) is 11.0. The second-order valence-electron chi connectivity index (χ2n) is 9.51. The van der Waals surface area contributed by atoms with Crippen LogP contribution in [0.1, 0.15) is 71.1 Å². The molecule has 5 rings (SSSR count). The highest BCUT2D eigenvalue weighted by Gasteiger charge is 2.52. The number of carbonyl (C=O) groups is 1. The summed E-state index contributed by atoms with van der Waals surface area (Å²) in [7, 11) is 1.69. The van der Waals surface area contributed by atoms with Crippen molar-refractivity contribution in [2.24, 2.45) is 17.3 Å². The molecule has 1 aromatic carbocycles. The molecule has 1 saturated carbocycles. The highest BCUT2D eigenvalue weighted by atomic mass is 16.5. The number of pyridine rings is 1. The largest absolute Gasteiger partial charge is 0.495 e. The van der Waals surface area contributed by atoms with Crippen molar-refractivity contribution < 1.29 is 14.6 Å². The van der Waals surface area contributed by atoms with Crippen LogP contribution in [0.4, 0.5) is 0 Å². The Balaban J connectivity index is 1.48. The number of hydrogen-bond donors (Lipinski definition) is 1. The number of fused-ring (bicyclic) bond motifs is 5. The van der Waals surface area contributed by atoms with Gasteiger partial charge in [-0.05, 0) is 108 Å². The van der Waals surface area contributed by atoms with Gasteiger partial charge in [-0.2, -0.15) is 0 Å². The van der Waals surface area contributed by atoms with E-state index in [0.29, 0.717) is 23.3 Å². The highest BCUT2D eigenvalue weighted by Crippen LogP contribution is 2.63. The Labute approximate surface area is 178 Å². The fourth-order valence-corrected chi connectivity index (χ4v) is 6.80. The van der Waals surface area contributed by atoms with Gasteiger partial charge in [0.1, 0.15) is 5.75 Å². The van der Waals surface area contributed by atoms with Gasteiger partial charge in [0.15, 0.2) is 0 Å². The van der Waals surface area contributed by atoms with Crippen molar-refractivity contribution in [3.8, 4) is 5.75 Å². The van der Waals surface area contributed by atoms with Crippen LogP contribution in [0.2, 0.25) is 0 Å². The van der Waals surface area contributed by atoms with E-state index >= 15 is 0 Å². The van der Waals surface area contributed by atoms with Crippen LogP contribution in [0, 0.1) is 24.2 Å². The van der Waals surface area contributed by atoms with E-state index in [-0.39, 0.29) is 5.41 Å². The topological polar surface area (TPSA) is 59.4 Å². The number of hydrogen-bond acceptors (Lipinski definition) is 3. The molecule has 1 heterocycles. The number of ether oxygens (including phenoxy) is 1. The van der Waals surface area contributed by atoms with E-state index in [1.165, 1.54) is 22.3 Å². The Bertz CT molecular complexity index is 1060. The SMILES string of the molecule is COc1cncc(C2=CC[C@H]3[C@@H]4CCc5cc(C(=O)O)cc(C)c5[C@H]4CC[C@]23C)c1. The molecule has 4 atom stereocenters. The molecule has 4 nitrogen and oxygen atoms in total. The van der Waals surface area contributed by atoms with Gasteiger partial charge in [-0.15, -0.1) is 0 Å². The van der Waals surface area contributed by atoms with Crippen LogP contribution in [0.5, 0.6) is 5.75 Å². The second kappa shape index (κ2) is 6.97. The van der Waals surface area contributed by atoms with Crippen molar-refractivity contribution >= 4 is 11.5 Å². The molecule has 3 aliphatic carbocycles. The predicted molar refractivity (Wildman–Crippen MR) is 117 cm³/mol. The molecule has 1 aromatic heterocycles. The quantitative estimate of drug-likeness (QED) is 0.720. The summed E-state index contributed by atoms with van der Waals surface area (Å²) in [5.74, 6) is 1.81. The van der Waals surface area contributed by atoms with Crippen molar-refractivity contribution in [2.75, 3.05) is 7.11 Å². The molecule has 4 heteroatoms. The van der Waals surface area contributed by atoms with Gasteiger partial charge in [-0.25, -0.2) is 4.79 Å². The standard InChI is InChI=1S/C26H29NO3/c1-15-10-17(25(28)29)11-16-4-5-20-21(24(15)16)8-9-26(2)22(6-7-23(20)26)18-12-19(30-3)14-27-13-18/h6,10-14,20-21,23H,4-5,7-9H2,1-3H3,(H,28,29)/t20-,21+,23+,26-/m1/s1. The molecule has 0 bridgehead atoms. The maximum absolute atomic E-state index is 11.5. The van der Waals surface area contributed by atoms with Crippen molar-refractivity contribution in [3.63, 3.8) is 0 Å². The van der Waals surface area contributed by atoms with Gasteiger partial charge in [-0.1, -0.05) is 13.0 Å². The average Bonchev–Trinajstić information content (AvgIpc) is 3.10. The maximum atomic E-state index is 11.5. The maximum Gasteiger partial charge on any atom is 0.335 e. The molecule has 1 N–H and O–H groups in total. The monoisotopic (exact) mass is 403 g/mol. The summed E-state index contributed by atoms with van der Waals surface area (Å²) in [5, 5.41) is 9.45. The van der Waals surface area contributed by atoms with Crippen LogP contribution in [-0.4, -0.2) is 23.2 Å². The summed E-state index contributed by atoms with van der Waals surface area (Å²) in [5.41, 5.74) is 7.08. The second-order valence-corrected chi connectivity index (χ2v) is 9.51. The molecule has 0 spiro atoms. The predicted octanol–water partition coefficient (Wildman–Crippen LogP) is 5.65. The third kappa shape index (κ3) is 2.80. The lowest BCUT2D eigenvalue weighted by Crippen LogP contribution is -2.41. The summed E-state index contributed by atoms with van der Waals surface area (Å²) in [6, 6.07) is 5.92. The van der Waals surface area contributed by atoms with Crippen molar-refractivity contribution in [1.29, 1.82) is 0 Å². The molecule has 0 unspecified atom stereocenters. The molecule has 0 radical (unpaired) electrons. The van der Waals surface area contributed by atoms with Gasteiger partial charge < -0.3 is 9.84 Å². The molecular weight excluding hydrogens is 374 g/mol. The Morgan fingerprint density at radius 3 is 2.83 bits per heavy atom. The normalized spacial score (nSPS) is 29.4. The number of methoxy groups -OCH3 is 1. The van der Waals surface area contributed by atoms with Crippen LogP contribution in [-0.2, 0) is 6.42 Å². The average molecular weight is 404 g/mol. The number of aryl methyl sites for hydroxylation is 2. The Morgan fingerprint density at radius 2 is 2.07 bits per heavy atom. The Hall–Kier alpha value is -2.62. The van der Waals surface area contributed by atoms with Gasteiger partial charge >= 0.3 is 5.97 Å². The van der Waals surface area contributed by atoms with Crippen LogP contribution in [0.15, 0.2) is 36.7 Å². The minimum Gasteiger partial charge on any atom is -0.495 e. The Kier molecular flexibility index (Phi) is 4.49. The summed E-state index contributed by atoms with van der Waals surface area (Å²) in [6.45, 7) is 4.55. The zero-order valence-corrected chi connectivity index (χ0v) is 17.9. The highest BCUT2D eigenvalue weighted by molar-refractivity contribution is 5.88. The van der Waals surface area contributed by atoms with E-state index in [0.717, 1.165) is 43.4 Å². The number of carboxylic acid groups (broad SMARTS) is 1. The first-order valence-electron chi connectivity index (χ1n) is 11.0. The van der Waals surface area contributed by atoms with Crippen LogP contribution in [0.3, 0.4) is 0 Å². The van der Waals surface area contributed by atoms with Crippen molar-refractivity contribution in [2.45, 2.75) is 51.9 Å². The van der Waals surface area contributed by atoms with Gasteiger partial charge in [0.05, 0.1) is 18.9 Å². The number of nitrogens with zero attached hydrogens (tertiary/aromatic N) is 1. The first kappa shape index (κ1) is 19.3. The number of benzene rings is 1. The third-order valence-electron chi connectivity index (χ3n) is 8.12. The molecule has 1 fully saturated rings. The van der Waals surface area contributed by atoms with Crippen LogP contribution >= 0.6 is 0 Å². The summed E-state index contributed by atoms with van der Waals surface area (Å²) >= 11 is 0. The van der Waals surface area contributed by atoms with Crippen molar-refractivity contribution in [3.05, 3.63) is 64.5 Å². The molecule has 156 valence electrons. The number of allylic oxidation sites excluding steroid dienone is 2. The molecule has 0 saturated heterocycles. The zero-order valence-electron chi connectivity index (χ0n) is 17.9. The summed E-state index contributed by atoms with van der Waals surface area (Å²) in [4.78, 5) is 15.9. The molecule has 0 aliphatic heterocycles. The molecular formula is C26H29NO3. The minimum atomic E-state index is -0.823. The number of carboxylic acids is 1. The van der Waals surface area contributed by atoms with E-state index in [9.17, 15) is 9.90 Å². The van der Waals surface area contributed by atoms with Gasteiger partial charge in [-0.3, -0.25) is 4.98 Å². The lowest BCUT2D eigenvalue weighted by molar-refractivity contribution is 0.0695. The lowest BCUT2D eigenvalue weighted by Gasteiger charge is -2.50. The van der Waals surface area contributed by atoms with E-state index in [1.54, 1.807) is 13.3 Å².